The van der Waals surface area contributed by atoms with Gasteiger partial charge in [-0.25, -0.2) is 4.39 Å². The highest BCUT2D eigenvalue weighted by Gasteiger charge is 2.19. The van der Waals surface area contributed by atoms with Crippen LogP contribution in [0.25, 0.3) is 0 Å². The fourth-order valence-electron chi connectivity index (χ4n) is 2.55. The summed E-state index contributed by atoms with van der Waals surface area (Å²) in [6, 6.07) is 17.1. The topological polar surface area (TPSA) is 38.3 Å². The van der Waals surface area contributed by atoms with E-state index in [2.05, 4.69) is 5.32 Å². The second-order valence-electron chi connectivity index (χ2n) is 5.90. The summed E-state index contributed by atoms with van der Waals surface area (Å²) in [4.78, 5) is 12.7. The van der Waals surface area contributed by atoms with Gasteiger partial charge in [-0.2, -0.15) is 4.39 Å². The molecule has 27 heavy (non-hydrogen) atoms. The zero-order valence-corrected chi connectivity index (χ0v) is 15.1. The van der Waals surface area contributed by atoms with Gasteiger partial charge in [-0.15, -0.1) is 0 Å². The van der Waals surface area contributed by atoms with E-state index in [0.717, 1.165) is 11.6 Å². The van der Waals surface area contributed by atoms with Gasteiger partial charge in [0, 0.05) is 5.02 Å². The van der Waals surface area contributed by atoms with Gasteiger partial charge in [0.05, 0.1) is 11.6 Å². The lowest BCUT2D eigenvalue weighted by Gasteiger charge is -2.17. The molecule has 3 nitrogen and oxygen atoms in total. The Morgan fingerprint density at radius 3 is 2.48 bits per heavy atom. The molecule has 0 saturated heterocycles. The summed E-state index contributed by atoms with van der Waals surface area (Å²) in [7, 11) is 0. The summed E-state index contributed by atoms with van der Waals surface area (Å²) >= 11 is 6.00. The van der Waals surface area contributed by atoms with E-state index >= 15 is 0 Å². The number of benzene rings is 3. The minimum Gasteiger partial charge on any atom is -0.453 e. The molecule has 0 spiro atoms. The Kier molecular flexibility index (Phi) is 5.72. The first kappa shape index (κ1) is 18.9. The standard InChI is InChI=1S/C21H16ClF2NO2/c1-13(14-6-3-2-4-7-14)25-21(26)16-12-15(22)10-11-18(16)27-19-9-5-8-17(23)20(19)24/h2-13H,1H3,(H,25,26)/t13-/m0/s1. The number of amides is 1. The first-order chi connectivity index (χ1) is 13.0. The summed E-state index contributed by atoms with van der Waals surface area (Å²) in [6.07, 6.45) is 0. The first-order valence-electron chi connectivity index (χ1n) is 8.23. The Bertz CT molecular complexity index is 964. The number of nitrogens with one attached hydrogen (secondary N) is 1. The normalized spacial score (nSPS) is 11.7. The Morgan fingerprint density at radius 1 is 1.00 bits per heavy atom. The van der Waals surface area contributed by atoms with Crippen LogP contribution in [0.5, 0.6) is 11.5 Å². The van der Waals surface area contributed by atoms with Gasteiger partial charge in [-0.05, 0) is 42.8 Å². The third-order valence-corrected chi connectivity index (χ3v) is 4.20. The molecule has 1 N–H and O–H groups in total. The molecule has 0 aliphatic carbocycles. The van der Waals surface area contributed by atoms with Crippen LogP contribution in [-0.2, 0) is 0 Å². The highest BCUT2D eigenvalue weighted by Crippen LogP contribution is 2.30. The second-order valence-corrected chi connectivity index (χ2v) is 6.34. The van der Waals surface area contributed by atoms with E-state index in [1.54, 1.807) is 0 Å². The van der Waals surface area contributed by atoms with Crippen molar-refractivity contribution in [3.05, 3.63) is 94.5 Å². The molecule has 0 aliphatic heterocycles. The minimum absolute atomic E-state index is 0.0710. The van der Waals surface area contributed by atoms with E-state index in [9.17, 15) is 13.6 Å². The maximum atomic E-state index is 13.9. The summed E-state index contributed by atoms with van der Waals surface area (Å²) in [6.45, 7) is 1.84. The quantitative estimate of drug-likeness (QED) is 0.591. The van der Waals surface area contributed by atoms with Crippen molar-refractivity contribution in [1.29, 1.82) is 0 Å². The molecule has 0 unspecified atom stereocenters. The third-order valence-electron chi connectivity index (χ3n) is 3.97. The Morgan fingerprint density at radius 2 is 1.74 bits per heavy atom. The van der Waals surface area contributed by atoms with Crippen molar-refractivity contribution in [2.24, 2.45) is 0 Å². The molecule has 0 radical (unpaired) electrons. The fourth-order valence-corrected chi connectivity index (χ4v) is 2.72. The molecular weight excluding hydrogens is 372 g/mol. The monoisotopic (exact) mass is 387 g/mol. The van der Waals surface area contributed by atoms with Gasteiger partial charge in [0.1, 0.15) is 5.75 Å². The lowest BCUT2D eigenvalue weighted by molar-refractivity contribution is 0.0937. The third kappa shape index (κ3) is 4.44. The van der Waals surface area contributed by atoms with Crippen molar-refractivity contribution >= 4 is 17.5 Å². The first-order valence-corrected chi connectivity index (χ1v) is 8.60. The predicted molar refractivity (Wildman–Crippen MR) is 100 cm³/mol. The molecule has 1 atom stereocenters. The Balaban J connectivity index is 1.87. The van der Waals surface area contributed by atoms with Gasteiger partial charge in [0.15, 0.2) is 11.6 Å². The predicted octanol–water partition coefficient (Wildman–Crippen LogP) is 5.90. The summed E-state index contributed by atoms with van der Waals surface area (Å²) in [5.74, 6) is -2.86. The lowest BCUT2D eigenvalue weighted by atomic mass is 10.1. The van der Waals surface area contributed by atoms with Crippen molar-refractivity contribution in [2.45, 2.75) is 13.0 Å². The number of rotatable bonds is 5. The van der Waals surface area contributed by atoms with Crippen LogP contribution in [0.3, 0.4) is 0 Å². The maximum absolute atomic E-state index is 13.9. The van der Waals surface area contributed by atoms with Crippen molar-refractivity contribution in [3.63, 3.8) is 0 Å². The highest BCUT2D eigenvalue weighted by molar-refractivity contribution is 6.31. The molecule has 0 aromatic heterocycles. The van der Waals surface area contributed by atoms with Crippen LogP contribution < -0.4 is 10.1 Å². The molecule has 0 bridgehead atoms. The van der Waals surface area contributed by atoms with Crippen LogP contribution in [0.15, 0.2) is 66.7 Å². The fraction of sp³-hybridized carbons (Fsp3) is 0.0952. The second kappa shape index (κ2) is 8.18. The number of hydrogen-bond donors (Lipinski definition) is 1. The molecule has 1 amide bonds. The molecule has 0 aliphatic rings. The van der Waals surface area contributed by atoms with Gasteiger partial charge in [-0.3, -0.25) is 4.79 Å². The van der Waals surface area contributed by atoms with E-state index in [-0.39, 0.29) is 23.1 Å². The molecule has 0 saturated carbocycles. The highest BCUT2D eigenvalue weighted by atomic mass is 35.5. The molecule has 0 fully saturated rings. The zero-order chi connectivity index (χ0) is 19.4. The van der Waals surface area contributed by atoms with Crippen molar-refractivity contribution in [3.8, 4) is 11.5 Å². The summed E-state index contributed by atoms with van der Waals surface area (Å²) in [5, 5.41) is 3.17. The average Bonchev–Trinajstić information content (AvgIpc) is 2.67. The van der Waals surface area contributed by atoms with Crippen LogP contribution in [-0.4, -0.2) is 5.91 Å². The van der Waals surface area contributed by atoms with E-state index in [1.165, 1.54) is 30.3 Å². The molecule has 6 heteroatoms. The number of carbonyl (C=O) groups excluding carboxylic acids is 1. The summed E-state index contributed by atoms with van der Waals surface area (Å²) < 4.78 is 32.8. The van der Waals surface area contributed by atoms with E-state index in [4.69, 9.17) is 16.3 Å². The average molecular weight is 388 g/mol. The summed E-state index contributed by atoms with van der Waals surface area (Å²) in [5.41, 5.74) is 1.04. The Labute approximate surface area is 160 Å². The van der Waals surface area contributed by atoms with Gasteiger partial charge < -0.3 is 10.1 Å². The van der Waals surface area contributed by atoms with Gasteiger partial charge in [-0.1, -0.05) is 48.0 Å². The molecular formula is C21H16ClF2NO2. The van der Waals surface area contributed by atoms with Crippen LogP contribution in [0.1, 0.15) is 28.9 Å². The lowest BCUT2D eigenvalue weighted by Crippen LogP contribution is -2.27. The number of carbonyl (C=O) groups is 1. The van der Waals surface area contributed by atoms with Gasteiger partial charge in [0.25, 0.3) is 5.91 Å². The zero-order valence-electron chi connectivity index (χ0n) is 14.4. The van der Waals surface area contributed by atoms with Crippen molar-refractivity contribution < 1.29 is 18.3 Å². The number of ether oxygens (including phenoxy) is 1. The molecule has 3 aromatic carbocycles. The molecule has 0 heterocycles. The molecule has 3 aromatic rings. The smallest absolute Gasteiger partial charge is 0.255 e. The largest absolute Gasteiger partial charge is 0.453 e. The van der Waals surface area contributed by atoms with Crippen molar-refractivity contribution in [1.82, 2.24) is 5.32 Å². The Hall–Kier alpha value is -2.92. The van der Waals surface area contributed by atoms with Crippen molar-refractivity contribution in [2.75, 3.05) is 0 Å². The maximum Gasteiger partial charge on any atom is 0.255 e. The SMILES string of the molecule is C[C@H](NC(=O)c1cc(Cl)ccc1Oc1cccc(F)c1F)c1ccccc1. The van der Waals surface area contributed by atoms with Crippen LogP contribution in [0.2, 0.25) is 5.02 Å². The van der Waals surface area contributed by atoms with Gasteiger partial charge in [0.2, 0.25) is 5.82 Å². The molecule has 138 valence electrons. The van der Waals surface area contributed by atoms with E-state index in [0.29, 0.717) is 5.02 Å². The minimum atomic E-state index is -1.13. The number of halogens is 3. The van der Waals surface area contributed by atoms with Crippen LogP contribution >= 0.6 is 11.6 Å². The van der Waals surface area contributed by atoms with Gasteiger partial charge >= 0.3 is 0 Å². The van der Waals surface area contributed by atoms with E-state index in [1.807, 2.05) is 37.3 Å². The van der Waals surface area contributed by atoms with Crippen LogP contribution in [0.4, 0.5) is 8.78 Å². The van der Waals surface area contributed by atoms with Crippen LogP contribution in [0, 0.1) is 11.6 Å². The molecule has 3 rings (SSSR count). The number of hydrogen-bond acceptors (Lipinski definition) is 2. The van der Waals surface area contributed by atoms with E-state index < -0.39 is 17.5 Å².